The van der Waals surface area contributed by atoms with Crippen molar-refractivity contribution in [3.8, 4) is 0 Å². The van der Waals surface area contributed by atoms with E-state index in [1.54, 1.807) is 0 Å². The first-order valence-electron chi connectivity index (χ1n) is 5.97. The first-order valence-corrected chi connectivity index (χ1v) is 6.76. The molecule has 1 aromatic rings. The van der Waals surface area contributed by atoms with Gasteiger partial charge < -0.3 is 9.64 Å². The molecule has 0 saturated carbocycles. The highest BCUT2D eigenvalue weighted by atomic mass is 79.9. The van der Waals surface area contributed by atoms with Crippen LogP contribution < -0.4 is 0 Å². The van der Waals surface area contributed by atoms with Crippen molar-refractivity contribution in [1.29, 1.82) is 0 Å². The number of benzene rings is 1. The number of carbonyl (C=O) groups is 1. The van der Waals surface area contributed by atoms with Crippen LogP contribution in [0.4, 0.5) is 13.2 Å². The summed E-state index contributed by atoms with van der Waals surface area (Å²) in [4.78, 5) is 13.4. The number of halogens is 4. The van der Waals surface area contributed by atoms with Crippen LogP contribution >= 0.6 is 15.9 Å². The molecule has 1 aromatic carbocycles. The van der Waals surface area contributed by atoms with Gasteiger partial charge in [0, 0.05) is 24.7 Å². The fourth-order valence-electron chi connectivity index (χ4n) is 1.52. The molecule has 0 aliphatic heterocycles. The summed E-state index contributed by atoms with van der Waals surface area (Å²) in [6.45, 7) is 3.01. The van der Waals surface area contributed by atoms with Crippen LogP contribution in [0.3, 0.4) is 0 Å². The second-order valence-corrected chi connectivity index (χ2v) is 4.97. The minimum absolute atomic E-state index is 0.0150. The number of nitrogens with zero attached hydrogens (tertiary/aromatic N) is 1. The number of hydrogen-bond acceptors (Lipinski definition) is 2. The lowest BCUT2D eigenvalue weighted by atomic mass is 10.1. The highest BCUT2D eigenvalue weighted by Crippen LogP contribution is 2.32. The molecule has 0 spiro atoms. The standard InChI is InChI=1S/C13H15BrF3NO2/c1-3-20-7-6-18(2)12(19)10-8-9(13(15,16)17)4-5-11(10)14/h4-5,8H,3,6-7H2,1-2H3. The van der Waals surface area contributed by atoms with Crippen LogP contribution in [0.1, 0.15) is 22.8 Å². The summed E-state index contributed by atoms with van der Waals surface area (Å²) in [6.07, 6.45) is -4.47. The minimum Gasteiger partial charge on any atom is -0.380 e. The Morgan fingerprint density at radius 3 is 2.60 bits per heavy atom. The van der Waals surface area contributed by atoms with Gasteiger partial charge in [0.25, 0.3) is 5.91 Å². The van der Waals surface area contributed by atoms with E-state index in [0.29, 0.717) is 24.2 Å². The molecule has 0 fully saturated rings. The summed E-state index contributed by atoms with van der Waals surface area (Å²) in [5.41, 5.74) is -0.860. The first kappa shape index (κ1) is 17.0. The smallest absolute Gasteiger partial charge is 0.380 e. The van der Waals surface area contributed by atoms with E-state index in [4.69, 9.17) is 4.74 Å². The van der Waals surface area contributed by atoms with E-state index >= 15 is 0 Å². The zero-order valence-corrected chi connectivity index (χ0v) is 12.7. The van der Waals surface area contributed by atoms with Crippen molar-refractivity contribution in [1.82, 2.24) is 4.90 Å². The molecule has 0 aliphatic carbocycles. The number of alkyl halides is 3. The summed E-state index contributed by atoms with van der Waals surface area (Å²) < 4.78 is 43.4. The van der Waals surface area contributed by atoms with Crippen molar-refractivity contribution >= 4 is 21.8 Å². The Morgan fingerprint density at radius 2 is 2.05 bits per heavy atom. The van der Waals surface area contributed by atoms with E-state index in [1.165, 1.54) is 18.0 Å². The van der Waals surface area contributed by atoms with E-state index in [1.807, 2.05) is 6.92 Å². The fraction of sp³-hybridized carbons (Fsp3) is 0.462. The summed E-state index contributed by atoms with van der Waals surface area (Å²) >= 11 is 3.10. The molecule has 0 radical (unpaired) electrons. The second kappa shape index (κ2) is 7.08. The molecule has 0 aromatic heterocycles. The Labute approximate surface area is 123 Å². The lowest BCUT2D eigenvalue weighted by Crippen LogP contribution is -2.30. The molecule has 0 bridgehead atoms. The van der Waals surface area contributed by atoms with Gasteiger partial charge in [0.05, 0.1) is 17.7 Å². The number of amides is 1. The van der Waals surface area contributed by atoms with Gasteiger partial charge >= 0.3 is 6.18 Å². The minimum atomic E-state index is -4.47. The van der Waals surface area contributed by atoms with Gasteiger partial charge in [0.1, 0.15) is 0 Å². The fourth-order valence-corrected chi connectivity index (χ4v) is 1.93. The monoisotopic (exact) mass is 353 g/mol. The van der Waals surface area contributed by atoms with E-state index in [9.17, 15) is 18.0 Å². The van der Waals surface area contributed by atoms with Crippen molar-refractivity contribution in [3.05, 3.63) is 33.8 Å². The van der Waals surface area contributed by atoms with Crippen LogP contribution in [0, 0.1) is 0 Å². The Kier molecular flexibility index (Phi) is 6.01. The van der Waals surface area contributed by atoms with Gasteiger partial charge in [0.2, 0.25) is 0 Å². The summed E-state index contributed by atoms with van der Waals surface area (Å²) in [6, 6.07) is 3.01. The normalized spacial score (nSPS) is 11.5. The van der Waals surface area contributed by atoms with Crippen LogP contribution in [0.5, 0.6) is 0 Å². The maximum atomic E-state index is 12.7. The van der Waals surface area contributed by atoms with Gasteiger partial charge in [-0.25, -0.2) is 0 Å². The van der Waals surface area contributed by atoms with E-state index in [0.717, 1.165) is 12.1 Å². The van der Waals surface area contributed by atoms with E-state index in [2.05, 4.69) is 15.9 Å². The lowest BCUT2D eigenvalue weighted by Gasteiger charge is -2.18. The van der Waals surface area contributed by atoms with Crippen molar-refractivity contribution in [2.45, 2.75) is 13.1 Å². The van der Waals surface area contributed by atoms with Crippen LogP contribution in [-0.4, -0.2) is 37.6 Å². The zero-order chi connectivity index (χ0) is 15.3. The van der Waals surface area contributed by atoms with Crippen LogP contribution in [-0.2, 0) is 10.9 Å². The summed E-state index contributed by atoms with van der Waals surface area (Å²) in [5.74, 6) is -0.484. The maximum absolute atomic E-state index is 12.7. The van der Waals surface area contributed by atoms with Gasteiger partial charge in [-0.05, 0) is 41.1 Å². The zero-order valence-electron chi connectivity index (χ0n) is 11.1. The predicted molar refractivity (Wildman–Crippen MR) is 72.6 cm³/mol. The SMILES string of the molecule is CCOCCN(C)C(=O)c1cc(C(F)(F)F)ccc1Br. The van der Waals surface area contributed by atoms with Crippen LogP contribution in [0.15, 0.2) is 22.7 Å². The highest BCUT2D eigenvalue weighted by molar-refractivity contribution is 9.10. The topological polar surface area (TPSA) is 29.5 Å². The van der Waals surface area contributed by atoms with Crippen molar-refractivity contribution in [2.24, 2.45) is 0 Å². The molecule has 112 valence electrons. The Balaban J connectivity index is 2.92. The second-order valence-electron chi connectivity index (χ2n) is 4.12. The molecule has 0 saturated heterocycles. The predicted octanol–water partition coefficient (Wildman–Crippen LogP) is 3.58. The molecule has 0 N–H and O–H groups in total. The molecule has 3 nitrogen and oxygen atoms in total. The molecule has 0 atom stereocenters. The molecular weight excluding hydrogens is 339 g/mol. The van der Waals surface area contributed by atoms with Gasteiger partial charge in [0.15, 0.2) is 0 Å². The summed E-state index contributed by atoms with van der Waals surface area (Å²) in [7, 11) is 1.52. The Bertz CT molecular complexity index is 477. The average Bonchev–Trinajstić information content (AvgIpc) is 2.37. The molecule has 0 heterocycles. The number of ether oxygens (including phenoxy) is 1. The number of likely N-dealkylation sites (N-methyl/N-ethyl adjacent to an activating group) is 1. The highest BCUT2D eigenvalue weighted by Gasteiger charge is 2.31. The van der Waals surface area contributed by atoms with Crippen LogP contribution in [0.2, 0.25) is 0 Å². The Hall–Kier alpha value is -1.08. The third-order valence-electron chi connectivity index (χ3n) is 2.65. The van der Waals surface area contributed by atoms with Crippen molar-refractivity contribution in [2.75, 3.05) is 26.8 Å². The average molecular weight is 354 g/mol. The van der Waals surface area contributed by atoms with Crippen molar-refractivity contribution < 1.29 is 22.7 Å². The number of rotatable bonds is 5. The first-order chi connectivity index (χ1) is 9.27. The summed E-state index contributed by atoms with van der Waals surface area (Å²) in [5, 5.41) is 0. The third-order valence-corrected chi connectivity index (χ3v) is 3.34. The molecule has 7 heteroatoms. The van der Waals surface area contributed by atoms with Crippen LogP contribution in [0.25, 0.3) is 0 Å². The maximum Gasteiger partial charge on any atom is 0.416 e. The molecule has 1 amide bonds. The number of hydrogen-bond donors (Lipinski definition) is 0. The Morgan fingerprint density at radius 1 is 1.40 bits per heavy atom. The van der Waals surface area contributed by atoms with Gasteiger partial charge in [-0.1, -0.05) is 0 Å². The third kappa shape index (κ3) is 4.49. The van der Waals surface area contributed by atoms with Gasteiger partial charge in [-0.15, -0.1) is 0 Å². The van der Waals surface area contributed by atoms with E-state index in [-0.39, 0.29) is 5.56 Å². The molecular formula is C13H15BrF3NO2. The van der Waals surface area contributed by atoms with Gasteiger partial charge in [-0.3, -0.25) is 4.79 Å². The van der Waals surface area contributed by atoms with Gasteiger partial charge in [-0.2, -0.15) is 13.2 Å². The van der Waals surface area contributed by atoms with Crippen molar-refractivity contribution in [3.63, 3.8) is 0 Å². The number of carbonyl (C=O) groups excluding carboxylic acids is 1. The molecule has 0 aliphatic rings. The molecule has 0 unspecified atom stereocenters. The van der Waals surface area contributed by atoms with E-state index < -0.39 is 17.6 Å². The quantitative estimate of drug-likeness (QED) is 0.757. The molecule has 20 heavy (non-hydrogen) atoms. The molecule has 1 rings (SSSR count). The largest absolute Gasteiger partial charge is 0.416 e. The lowest BCUT2D eigenvalue weighted by molar-refractivity contribution is -0.137.